The van der Waals surface area contributed by atoms with Gasteiger partial charge in [0.05, 0.1) is 0 Å². The van der Waals surface area contributed by atoms with Gasteiger partial charge in [0.2, 0.25) is 0 Å². The first-order chi connectivity index (χ1) is 8.37. The molecule has 0 heteroatoms. The lowest BCUT2D eigenvalue weighted by Gasteiger charge is -2.64. The highest BCUT2D eigenvalue weighted by atomic mass is 14.7. The Hall–Kier alpha value is 0. The topological polar surface area (TPSA) is 0 Å². The van der Waals surface area contributed by atoms with E-state index in [1.807, 2.05) is 5.92 Å². The third kappa shape index (κ3) is 1.36. The van der Waals surface area contributed by atoms with Gasteiger partial charge in [0.25, 0.3) is 0 Å². The maximum absolute atomic E-state index is 2.04. The molecule has 95 valence electrons. The molecule has 0 unspecified atom stereocenters. The van der Waals surface area contributed by atoms with Crippen LogP contribution in [0, 0.1) is 22.7 Å². The zero-order chi connectivity index (χ0) is 11.3. The monoisotopic (exact) mass is 231 g/mol. The molecule has 0 nitrogen and oxygen atoms in total. The molecule has 1 radical (unpaired) electrons. The zero-order valence-electron chi connectivity index (χ0n) is 11.3. The lowest BCUT2D eigenvalue weighted by molar-refractivity contribution is -0.0853. The van der Waals surface area contributed by atoms with Gasteiger partial charge in [0, 0.05) is 0 Å². The highest BCUT2D eigenvalue weighted by Gasteiger charge is 2.63. The average Bonchev–Trinajstić information content (AvgIpc) is 3.05. The molecule has 17 heavy (non-hydrogen) atoms. The third-order valence-corrected chi connectivity index (χ3v) is 6.90. The Labute approximate surface area is 107 Å². The minimum Gasteiger partial charge on any atom is -0.0533 e. The van der Waals surface area contributed by atoms with E-state index >= 15 is 0 Å². The summed E-state index contributed by atoms with van der Waals surface area (Å²) in [7, 11) is 0. The molecule has 0 aromatic carbocycles. The van der Waals surface area contributed by atoms with Crippen molar-refractivity contribution >= 4 is 0 Å². The summed E-state index contributed by atoms with van der Waals surface area (Å²) in [5.41, 5.74) is 1.60. The molecule has 4 aliphatic rings. The molecule has 0 aliphatic heterocycles. The standard InChI is InChI=1S/C17H27/c1-2-10-16(11-3-1,15-8-9-15)17(12-5-13-17)14-6-4-7-14/h15H,1-13H2. The fourth-order valence-electron chi connectivity index (χ4n) is 5.66. The van der Waals surface area contributed by atoms with Gasteiger partial charge < -0.3 is 0 Å². The molecule has 0 amide bonds. The van der Waals surface area contributed by atoms with Crippen LogP contribution in [0.4, 0.5) is 0 Å². The van der Waals surface area contributed by atoms with E-state index in [-0.39, 0.29) is 0 Å². The Kier molecular flexibility index (Phi) is 2.40. The van der Waals surface area contributed by atoms with E-state index in [1.54, 1.807) is 51.4 Å². The summed E-state index contributed by atoms with van der Waals surface area (Å²) < 4.78 is 0. The van der Waals surface area contributed by atoms with Crippen molar-refractivity contribution < 1.29 is 0 Å². The maximum Gasteiger partial charge on any atom is -0.0174 e. The first kappa shape index (κ1) is 10.9. The number of rotatable bonds is 3. The molecule has 4 saturated carbocycles. The van der Waals surface area contributed by atoms with Gasteiger partial charge in [-0.15, -0.1) is 0 Å². The van der Waals surface area contributed by atoms with Crippen LogP contribution >= 0.6 is 0 Å². The van der Waals surface area contributed by atoms with Gasteiger partial charge in [0.1, 0.15) is 0 Å². The Morgan fingerprint density at radius 1 is 0.706 bits per heavy atom. The molecule has 0 saturated heterocycles. The first-order valence-electron chi connectivity index (χ1n) is 8.23. The largest absolute Gasteiger partial charge is 0.0533 e. The molecule has 0 aromatic heterocycles. The SMILES string of the molecule is C1CCC(C2CC2)(C2([C]3CCC3)CCC2)CC1. The number of hydrogen-bond acceptors (Lipinski definition) is 0. The van der Waals surface area contributed by atoms with Gasteiger partial charge in [-0.05, 0) is 74.0 Å². The van der Waals surface area contributed by atoms with Crippen molar-refractivity contribution in [3.8, 4) is 0 Å². The Morgan fingerprint density at radius 2 is 1.41 bits per heavy atom. The normalized spacial score (nSPS) is 36.0. The van der Waals surface area contributed by atoms with Crippen LogP contribution in [-0.2, 0) is 0 Å². The lowest BCUT2D eigenvalue weighted by Crippen LogP contribution is -2.54. The minimum absolute atomic E-state index is 0.785. The molecule has 0 bridgehead atoms. The van der Waals surface area contributed by atoms with Crippen molar-refractivity contribution in [2.75, 3.05) is 0 Å². The second kappa shape index (κ2) is 3.75. The van der Waals surface area contributed by atoms with E-state index in [2.05, 4.69) is 0 Å². The molecule has 0 atom stereocenters. The van der Waals surface area contributed by atoms with Crippen LogP contribution in [-0.4, -0.2) is 0 Å². The second-order valence-electron chi connectivity index (χ2n) is 7.38. The van der Waals surface area contributed by atoms with Crippen molar-refractivity contribution in [2.24, 2.45) is 16.7 Å². The minimum atomic E-state index is 0.785. The van der Waals surface area contributed by atoms with Crippen LogP contribution < -0.4 is 0 Å². The maximum atomic E-state index is 2.04. The van der Waals surface area contributed by atoms with Crippen LogP contribution in [0.1, 0.15) is 83.5 Å². The van der Waals surface area contributed by atoms with Crippen molar-refractivity contribution in [2.45, 2.75) is 83.5 Å². The quantitative estimate of drug-likeness (QED) is 0.620. The van der Waals surface area contributed by atoms with E-state index in [0.29, 0.717) is 0 Å². The summed E-state index contributed by atoms with van der Waals surface area (Å²) in [5, 5.41) is 0. The van der Waals surface area contributed by atoms with E-state index in [4.69, 9.17) is 0 Å². The smallest absolute Gasteiger partial charge is 0.0174 e. The third-order valence-electron chi connectivity index (χ3n) is 6.90. The molecule has 0 heterocycles. The van der Waals surface area contributed by atoms with Crippen molar-refractivity contribution in [1.29, 1.82) is 0 Å². The van der Waals surface area contributed by atoms with Crippen LogP contribution in [0.5, 0.6) is 0 Å². The molecule has 0 aromatic rings. The van der Waals surface area contributed by atoms with Crippen molar-refractivity contribution in [3.05, 3.63) is 5.92 Å². The number of hydrogen-bond donors (Lipinski definition) is 0. The Balaban J connectivity index is 1.67. The molecular formula is C17H27. The van der Waals surface area contributed by atoms with Gasteiger partial charge in [-0.1, -0.05) is 32.1 Å². The van der Waals surface area contributed by atoms with Gasteiger partial charge in [-0.25, -0.2) is 0 Å². The zero-order valence-corrected chi connectivity index (χ0v) is 11.3. The summed E-state index contributed by atoms with van der Waals surface area (Å²) in [5.74, 6) is 3.19. The second-order valence-corrected chi connectivity index (χ2v) is 7.38. The predicted octanol–water partition coefficient (Wildman–Crippen LogP) is 5.28. The van der Waals surface area contributed by atoms with Crippen LogP contribution in [0.2, 0.25) is 0 Å². The fourth-order valence-corrected chi connectivity index (χ4v) is 5.66. The Morgan fingerprint density at radius 3 is 1.82 bits per heavy atom. The highest BCUT2D eigenvalue weighted by molar-refractivity contribution is 5.24. The van der Waals surface area contributed by atoms with Gasteiger partial charge in [-0.2, -0.15) is 0 Å². The summed E-state index contributed by atoms with van der Waals surface area (Å²) in [6.07, 6.45) is 20.2. The summed E-state index contributed by atoms with van der Waals surface area (Å²) in [6, 6.07) is 0. The van der Waals surface area contributed by atoms with Crippen LogP contribution in [0.25, 0.3) is 0 Å². The first-order valence-corrected chi connectivity index (χ1v) is 8.23. The Bertz CT molecular complexity index is 285. The molecule has 4 fully saturated rings. The van der Waals surface area contributed by atoms with Gasteiger partial charge in [0.15, 0.2) is 0 Å². The molecule has 4 aliphatic carbocycles. The molecule has 0 N–H and O–H groups in total. The summed E-state index contributed by atoms with van der Waals surface area (Å²) in [4.78, 5) is 0. The fraction of sp³-hybridized carbons (Fsp3) is 0.941. The van der Waals surface area contributed by atoms with E-state index < -0.39 is 0 Å². The van der Waals surface area contributed by atoms with Crippen molar-refractivity contribution in [3.63, 3.8) is 0 Å². The van der Waals surface area contributed by atoms with E-state index in [0.717, 1.165) is 16.7 Å². The van der Waals surface area contributed by atoms with Crippen molar-refractivity contribution in [1.82, 2.24) is 0 Å². The van der Waals surface area contributed by atoms with E-state index in [9.17, 15) is 0 Å². The lowest BCUT2D eigenvalue weighted by atomic mass is 9.40. The van der Waals surface area contributed by atoms with Gasteiger partial charge in [-0.3, -0.25) is 0 Å². The molecular weight excluding hydrogens is 204 g/mol. The van der Waals surface area contributed by atoms with Crippen LogP contribution in [0.3, 0.4) is 0 Å². The molecule has 0 spiro atoms. The van der Waals surface area contributed by atoms with E-state index in [1.165, 1.54) is 32.1 Å². The van der Waals surface area contributed by atoms with Crippen LogP contribution in [0.15, 0.2) is 0 Å². The highest BCUT2D eigenvalue weighted by Crippen LogP contribution is 2.73. The summed E-state index contributed by atoms with van der Waals surface area (Å²) in [6.45, 7) is 0. The summed E-state index contributed by atoms with van der Waals surface area (Å²) >= 11 is 0. The average molecular weight is 231 g/mol. The molecule has 4 rings (SSSR count). The van der Waals surface area contributed by atoms with Gasteiger partial charge >= 0.3 is 0 Å². The predicted molar refractivity (Wildman–Crippen MR) is 71.6 cm³/mol.